The molecule has 0 radical (unpaired) electrons. The molecule has 21 heavy (non-hydrogen) atoms. The second kappa shape index (κ2) is 5.10. The Balaban J connectivity index is 1.63. The smallest absolute Gasteiger partial charge is 0.124 e. The average Bonchev–Trinajstić information content (AvgIpc) is 3.16. The van der Waals surface area contributed by atoms with Crippen molar-refractivity contribution in [3.63, 3.8) is 0 Å². The van der Waals surface area contributed by atoms with Gasteiger partial charge in [-0.25, -0.2) is 4.98 Å². The van der Waals surface area contributed by atoms with E-state index in [9.17, 15) is 0 Å². The number of rotatable bonds is 3. The Morgan fingerprint density at radius 2 is 1.67 bits per heavy atom. The van der Waals surface area contributed by atoms with Gasteiger partial charge >= 0.3 is 0 Å². The Morgan fingerprint density at radius 3 is 2.43 bits per heavy atom. The fraction of sp³-hybridized carbons (Fsp3) is 0.0625. The van der Waals surface area contributed by atoms with Gasteiger partial charge in [0.25, 0.3) is 0 Å². The maximum atomic E-state index is 4.68. The lowest BCUT2D eigenvalue weighted by molar-refractivity contribution is 0.794. The molecule has 0 atom stereocenters. The van der Waals surface area contributed by atoms with E-state index in [0.717, 1.165) is 22.6 Å². The van der Waals surface area contributed by atoms with Gasteiger partial charge in [0.2, 0.25) is 0 Å². The van der Waals surface area contributed by atoms with Crippen molar-refractivity contribution in [3.8, 4) is 10.6 Å². The molecule has 2 heterocycles. The topological polar surface area (TPSA) is 43.6 Å². The lowest BCUT2D eigenvalue weighted by Crippen LogP contribution is -1.95. The minimum atomic E-state index is 0.785. The van der Waals surface area contributed by atoms with Crippen molar-refractivity contribution < 1.29 is 0 Å². The molecule has 0 N–H and O–H groups in total. The highest BCUT2D eigenvalue weighted by Crippen LogP contribution is 2.30. The molecule has 0 aliphatic heterocycles. The van der Waals surface area contributed by atoms with Gasteiger partial charge in [-0.15, -0.1) is 21.5 Å². The molecule has 0 aliphatic carbocycles. The fourth-order valence-electron chi connectivity index (χ4n) is 2.26. The van der Waals surface area contributed by atoms with Gasteiger partial charge in [-0.1, -0.05) is 36.4 Å². The van der Waals surface area contributed by atoms with Crippen LogP contribution in [0.1, 0.15) is 5.56 Å². The lowest BCUT2D eigenvalue weighted by atomic mass is 10.1. The third-order valence-corrected chi connectivity index (χ3v) is 4.41. The maximum absolute atomic E-state index is 4.68. The van der Waals surface area contributed by atoms with E-state index < -0.39 is 0 Å². The maximum Gasteiger partial charge on any atom is 0.124 e. The predicted octanol–water partition coefficient (Wildman–Crippen LogP) is 3.60. The van der Waals surface area contributed by atoms with E-state index in [4.69, 9.17) is 0 Å². The van der Waals surface area contributed by atoms with Crippen LogP contribution in [-0.2, 0) is 6.54 Å². The zero-order chi connectivity index (χ0) is 14.1. The summed E-state index contributed by atoms with van der Waals surface area (Å²) >= 11 is 1.73. The van der Waals surface area contributed by atoms with Gasteiger partial charge in [-0.2, -0.15) is 0 Å². The van der Waals surface area contributed by atoms with E-state index >= 15 is 0 Å². The first kappa shape index (κ1) is 12.2. The van der Waals surface area contributed by atoms with Crippen LogP contribution in [0.5, 0.6) is 0 Å². The number of thiazole rings is 1. The summed E-state index contributed by atoms with van der Waals surface area (Å²) in [6.45, 7) is 0.785. The Morgan fingerprint density at radius 1 is 0.905 bits per heavy atom. The first-order valence-electron chi connectivity index (χ1n) is 6.66. The molecule has 0 saturated carbocycles. The number of benzene rings is 2. The van der Waals surface area contributed by atoms with Crippen molar-refractivity contribution in [3.05, 3.63) is 66.7 Å². The third-order valence-electron chi connectivity index (χ3n) is 3.33. The highest BCUT2D eigenvalue weighted by atomic mass is 32.1. The van der Waals surface area contributed by atoms with Crippen molar-refractivity contribution in [1.29, 1.82) is 0 Å². The summed E-state index contributed by atoms with van der Waals surface area (Å²) in [6.07, 6.45) is 3.45. The van der Waals surface area contributed by atoms with Crippen LogP contribution in [0.2, 0.25) is 0 Å². The van der Waals surface area contributed by atoms with Crippen molar-refractivity contribution in [2.24, 2.45) is 0 Å². The molecule has 2 aromatic carbocycles. The normalized spacial score (nSPS) is 11.0. The molecule has 0 aliphatic rings. The number of aromatic nitrogens is 4. The van der Waals surface area contributed by atoms with Crippen molar-refractivity contribution in [2.75, 3.05) is 0 Å². The zero-order valence-electron chi connectivity index (χ0n) is 11.2. The number of nitrogens with zero attached hydrogens (tertiary/aromatic N) is 4. The standard InChI is InChI=1S/C16H12N4S/c1-2-4-15-14(3-1)19-16(21-15)13-7-5-12(6-8-13)9-20-10-17-18-11-20/h1-8,10-11H,9H2. The Labute approximate surface area is 125 Å². The zero-order valence-corrected chi connectivity index (χ0v) is 12.0. The molecule has 0 bridgehead atoms. The largest absolute Gasteiger partial charge is 0.316 e. The first-order valence-corrected chi connectivity index (χ1v) is 7.47. The Kier molecular flexibility index (Phi) is 2.97. The van der Waals surface area contributed by atoms with Gasteiger partial charge in [0, 0.05) is 12.1 Å². The number of para-hydroxylation sites is 1. The molecule has 0 amide bonds. The van der Waals surface area contributed by atoms with Gasteiger partial charge in [-0.3, -0.25) is 0 Å². The predicted molar refractivity (Wildman–Crippen MR) is 84.2 cm³/mol. The molecule has 0 unspecified atom stereocenters. The molecule has 102 valence electrons. The van der Waals surface area contributed by atoms with Crippen LogP contribution in [0, 0.1) is 0 Å². The van der Waals surface area contributed by atoms with Crippen LogP contribution in [0.3, 0.4) is 0 Å². The molecule has 0 spiro atoms. The molecule has 4 aromatic rings. The van der Waals surface area contributed by atoms with E-state index in [-0.39, 0.29) is 0 Å². The fourth-order valence-corrected chi connectivity index (χ4v) is 3.23. The summed E-state index contributed by atoms with van der Waals surface area (Å²) in [5.74, 6) is 0. The highest BCUT2D eigenvalue weighted by Gasteiger charge is 2.05. The van der Waals surface area contributed by atoms with Crippen LogP contribution in [0.4, 0.5) is 0 Å². The van der Waals surface area contributed by atoms with Crippen molar-refractivity contribution in [1.82, 2.24) is 19.7 Å². The van der Waals surface area contributed by atoms with E-state index in [1.54, 1.807) is 24.0 Å². The molecule has 4 rings (SSSR count). The summed E-state index contributed by atoms with van der Waals surface area (Å²) in [7, 11) is 0. The Bertz CT molecular complexity index is 830. The van der Waals surface area contributed by atoms with Gasteiger partial charge < -0.3 is 4.57 Å². The lowest BCUT2D eigenvalue weighted by Gasteiger charge is -2.02. The van der Waals surface area contributed by atoms with Crippen LogP contribution in [0.15, 0.2) is 61.2 Å². The van der Waals surface area contributed by atoms with Crippen LogP contribution >= 0.6 is 11.3 Å². The second-order valence-corrected chi connectivity index (χ2v) is 5.85. The molecule has 0 saturated heterocycles. The third kappa shape index (κ3) is 2.43. The molecule has 5 heteroatoms. The minimum Gasteiger partial charge on any atom is -0.316 e. The summed E-state index contributed by atoms with van der Waals surface area (Å²) in [4.78, 5) is 4.68. The van der Waals surface area contributed by atoms with Crippen molar-refractivity contribution >= 4 is 21.6 Å². The van der Waals surface area contributed by atoms with E-state index in [2.05, 4.69) is 51.6 Å². The van der Waals surface area contributed by atoms with Crippen LogP contribution in [-0.4, -0.2) is 19.7 Å². The SMILES string of the molecule is c1ccc2sc(-c3ccc(Cn4cnnc4)cc3)nc2c1. The van der Waals surface area contributed by atoms with E-state index in [0.29, 0.717) is 0 Å². The van der Waals surface area contributed by atoms with E-state index in [1.165, 1.54) is 10.3 Å². The van der Waals surface area contributed by atoms with Crippen molar-refractivity contribution in [2.45, 2.75) is 6.54 Å². The number of fused-ring (bicyclic) bond motifs is 1. The minimum absolute atomic E-state index is 0.785. The molecule has 4 nitrogen and oxygen atoms in total. The monoisotopic (exact) mass is 292 g/mol. The highest BCUT2D eigenvalue weighted by molar-refractivity contribution is 7.21. The molecule has 2 aromatic heterocycles. The summed E-state index contributed by atoms with van der Waals surface area (Å²) in [5, 5.41) is 8.69. The Hall–Kier alpha value is -2.53. The van der Waals surface area contributed by atoms with Crippen LogP contribution in [0.25, 0.3) is 20.8 Å². The second-order valence-electron chi connectivity index (χ2n) is 4.82. The number of hydrogen-bond donors (Lipinski definition) is 0. The quantitative estimate of drug-likeness (QED) is 0.579. The average molecular weight is 292 g/mol. The van der Waals surface area contributed by atoms with Gasteiger partial charge in [0.1, 0.15) is 17.7 Å². The van der Waals surface area contributed by atoms with E-state index in [1.807, 2.05) is 16.7 Å². The molecular weight excluding hydrogens is 280 g/mol. The van der Waals surface area contributed by atoms with Crippen LogP contribution < -0.4 is 0 Å². The molecular formula is C16H12N4S. The van der Waals surface area contributed by atoms with Gasteiger partial charge in [0.05, 0.1) is 10.2 Å². The molecule has 0 fully saturated rings. The van der Waals surface area contributed by atoms with Gasteiger partial charge in [0.15, 0.2) is 0 Å². The summed E-state index contributed by atoms with van der Waals surface area (Å²) < 4.78 is 3.17. The van der Waals surface area contributed by atoms with Gasteiger partial charge in [-0.05, 0) is 17.7 Å². The number of hydrogen-bond acceptors (Lipinski definition) is 4. The summed E-state index contributed by atoms with van der Waals surface area (Å²) in [6, 6.07) is 16.7. The summed E-state index contributed by atoms with van der Waals surface area (Å²) in [5.41, 5.74) is 3.44. The first-order chi connectivity index (χ1) is 10.4.